The number of ketones is 1. The molecular weight excluding hydrogens is 786 g/mol. The second kappa shape index (κ2) is 20.6. The number of aliphatic hydroxyl groups is 2. The maximum Gasteiger partial charge on any atom is 0.351 e. The average Bonchev–Trinajstić information content (AvgIpc) is 3.19. The maximum absolute atomic E-state index is 17.0. The zero-order chi connectivity index (χ0) is 45.7. The van der Waals surface area contributed by atoms with Gasteiger partial charge in [-0.25, -0.2) is 14.2 Å². The van der Waals surface area contributed by atoms with Gasteiger partial charge in [0.2, 0.25) is 5.91 Å². The zero-order valence-electron chi connectivity index (χ0n) is 38.9. The number of cyclic esters (lactones) is 1. The number of hydrogen-bond acceptors (Lipinski definition) is 12. The molecule has 1 amide bonds. The number of halogens is 1. The summed E-state index contributed by atoms with van der Waals surface area (Å²) in [5, 5.41) is 29.1. The summed E-state index contributed by atoms with van der Waals surface area (Å²) in [6.07, 6.45) is -3.39. The summed E-state index contributed by atoms with van der Waals surface area (Å²) in [6.45, 7) is 21.5. The number of amides is 1. The number of aliphatic imine (C=N–C) groups is 1. The summed E-state index contributed by atoms with van der Waals surface area (Å²) in [4.78, 5) is 53.9. The van der Waals surface area contributed by atoms with E-state index in [2.05, 4.69) is 35.8 Å². The topological polar surface area (TPSA) is 166 Å². The Bertz CT molecular complexity index is 1710. The summed E-state index contributed by atoms with van der Waals surface area (Å²) in [5.41, 5.74) is -4.58. The molecule has 3 fully saturated rings. The molecule has 4 rings (SSSR count). The van der Waals surface area contributed by atoms with Crippen molar-refractivity contribution in [2.75, 3.05) is 20.2 Å². The molecule has 61 heavy (non-hydrogen) atoms. The number of carbonyl (C=O) groups excluding carboxylic acids is 3. The van der Waals surface area contributed by atoms with Gasteiger partial charge in [-0.1, -0.05) is 84.0 Å². The lowest BCUT2D eigenvalue weighted by molar-refractivity contribution is -0.297. The molecule has 1 aromatic carbocycles. The van der Waals surface area contributed by atoms with Gasteiger partial charge in [0, 0.05) is 30.5 Å². The van der Waals surface area contributed by atoms with Crippen LogP contribution in [-0.4, -0.2) is 118 Å². The normalized spacial score (nSPS) is 38.7. The number of aliphatic hydroxyl groups excluding tert-OH is 1. The Morgan fingerprint density at radius 1 is 1.07 bits per heavy atom. The van der Waals surface area contributed by atoms with E-state index in [-0.39, 0.29) is 56.5 Å². The fourth-order valence-electron chi connectivity index (χ4n) is 9.51. The molecule has 13 atom stereocenters. The van der Waals surface area contributed by atoms with Crippen molar-refractivity contribution in [1.82, 2.24) is 4.90 Å². The first kappa shape index (κ1) is 50.5. The average molecular weight is 860 g/mol. The molecule has 0 saturated carbocycles. The van der Waals surface area contributed by atoms with E-state index < -0.39 is 82.8 Å². The number of ether oxygens (including phenoxy) is 4. The molecular formula is C47H74FN3O10. The van der Waals surface area contributed by atoms with E-state index in [1.807, 2.05) is 58.2 Å². The number of benzene rings is 1. The molecule has 2 bridgehead atoms. The minimum absolute atomic E-state index is 0.0501. The highest BCUT2D eigenvalue weighted by Crippen LogP contribution is 2.43. The largest absolute Gasteiger partial charge is 0.457 e. The van der Waals surface area contributed by atoms with Gasteiger partial charge in [0.1, 0.15) is 24.4 Å². The number of hydrogen-bond donors (Lipinski definition) is 2. The Kier molecular flexibility index (Phi) is 17.0. The minimum atomic E-state index is -3.17. The van der Waals surface area contributed by atoms with E-state index >= 15 is 4.39 Å². The molecule has 0 radical (unpaired) electrons. The van der Waals surface area contributed by atoms with Crippen molar-refractivity contribution < 1.29 is 52.8 Å². The molecule has 3 saturated heterocycles. The number of alkyl halides is 1. The molecule has 344 valence electrons. The van der Waals surface area contributed by atoms with Crippen LogP contribution in [0.25, 0.3) is 0 Å². The van der Waals surface area contributed by atoms with Crippen molar-refractivity contribution in [3.8, 4) is 0 Å². The van der Waals surface area contributed by atoms with Crippen LogP contribution in [0.15, 0.2) is 40.5 Å². The minimum Gasteiger partial charge on any atom is -0.457 e. The van der Waals surface area contributed by atoms with E-state index in [9.17, 15) is 24.6 Å². The first-order valence-electron chi connectivity index (χ1n) is 22.1. The van der Waals surface area contributed by atoms with Gasteiger partial charge in [-0.15, -0.1) is 0 Å². The third kappa shape index (κ3) is 12.5. The predicted molar refractivity (Wildman–Crippen MR) is 232 cm³/mol. The number of likely N-dealkylation sites (N-methyl/N-ethyl adjacent to an activating group) is 1. The second-order valence-electron chi connectivity index (χ2n) is 19.8. The monoisotopic (exact) mass is 860 g/mol. The van der Waals surface area contributed by atoms with Gasteiger partial charge in [-0.2, -0.15) is 0 Å². The Hall–Kier alpha value is -3.14. The zero-order valence-corrected chi connectivity index (χ0v) is 38.9. The number of carbonyl (C=O) groups is 3. The van der Waals surface area contributed by atoms with Crippen LogP contribution in [0.2, 0.25) is 0 Å². The molecule has 0 unspecified atom stereocenters. The fraction of sp³-hybridized carbons (Fsp3) is 0.766. The first-order chi connectivity index (χ1) is 28.3. The third-order valence-electron chi connectivity index (χ3n) is 13.2. The third-order valence-corrected chi connectivity index (χ3v) is 13.2. The lowest BCUT2D eigenvalue weighted by atomic mass is 9.68. The van der Waals surface area contributed by atoms with Crippen LogP contribution >= 0.6 is 0 Å². The van der Waals surface area contributed by atoms with Crippen molar-refractivity contribution in [3.63, 3.8) is 0 Å². The van der Waals surface area contributed by atoms with Crippen LogP contribution in [0.4, 0.5) is 4.39 Å². The summed E-state index contributed by atoms with van der Waals surface area (Å²) < 4.78 is 42.9. The van der Waals surface area contributed by atoms with Crippen molar-refractivity contribution in [3.05, 3.63) is 35.9 Å². The summed E-state index contributed by atoms with van der Waals surface area (Å²) in [7, 11) is 1.95. The molecule has 0 aliphatic carbocycles. The molecule has 1 aromatic rings. The Balaban J connectivity index is 1.94. The summed E-state index contributed by atoms with van der Waals surface area (Å²) in [6, 6.07) is 9.16. The van der Waals surface area contributed by atoms with Gasteiger partial charge in [-0.3, -0.25) is 9.59 Å². The molecule has 0 spiro atoms. The number of oxime groups is 1. The van der Waals surface area contributed by atoms with Crippen LogP contribution in [-0.2, 0) is 44.8 Å². The number of rotatable bonds is 9. The molecule has 0 aromatic heterocycles. The Morgan fingerprint density at radius 2 is 1.72 bits per heavy atom. The van der Waals surface area contributed by atoms with Crippen molar-refractivity contribution in [2.45, 2.75) is 182 Å². The van der Waals surface area contributed by atoms with Gasteiger partial charge < -0.3 is 38.9 Å². The van der Waals surface area contributed by atoms with Gasteiger partial charge in [0.15, 0.2) is 12.1 Å². The van der Waals surface area contributed by atoms with Crippen LogP contribution in [0.3, 0.4) is 0 Å². The van der Waals surface area contributed by atoms with Gasteiger partial charge >= 0.3 is 5.97 Å². The van der Waals surface area contributed by atoms with Gasteiger partial charge in [-0.05, 0) is 103 Å². The lowest BCUT2D eigenvalue weighted by Crippen LogP contribution is -2.61. The SMILES string of the molecule is CC[C@H]1OC(=O)[C@@](C)(F)C(=O)[C@H](C)[C@@H](O[C@@H]2O[C@H](C)C[C@H](N(C)CCC(C)(C)C)[C@H]2O)[C@@]2(C)C[C@@H](C)/C(=N\C(C)=O)[C@H](C)[C@@H](CC/C(=N\OCc3ccccc3)CO2)[C@]1(C)O. The van der Waals surface area contributed by atoms with E-state index in [4.69, 9.17) is 23.8 Å². The second-order valence-corrected chi connectivity index (χ2v) is 19.8. The van der Waals surface area contributed by atoms with Crippen molar-refractivity contribution >= 4 is 29.1 Å². The molecule has 3 heterocycles. The smallest absolute Gasteiger partial charge is 0.351 e. The van der Waals surface area contributed by atoms with Crippen LogP contribution < -0.4 is 0 Å². The van der Waals surface area contributed by atoms with Crippen molar-refractivity contribution in [2.24, 2.45) is 39.2 Å². The number of Topliss-reactive ketones (excluding diaryl/α,β-unsaturated/α-hetero) is 1. The van der Waals surface area contributed by atoms with E-state index in [0.29, 0.717) is 24.4 Å². The maximum atomic E-state index is 17.0. The highest BCUT2D eigenvalue weighted by Gasteiger charge is 2.56. The van der Waals surface area contributed by atoms with Crippen LogP contribution in [0, 0.1) is 29.1 Å². The standard InChI is InChI=1S/C47H74FN3O10/c1-14-37-47(12,56)35-21-20-34(50-58-26-33-18-16-15-17-19-33)27-57-45(10,25-28(2)38(30(35)4)49-32(6)52)41(31(5)40(54)46(11,48)43(55)60-37)61-42-39(53)36(24-29(3)59-42)51(13)23-22-44(7,8)9/h15-19,28-31,35-37,39,41-42,53,56H,14,20-27H2,1-13H3/b49-38+,50-34+/t28-,29-,30-,31+,35-,36+,37-,39-,41-,42+,45-,46+,47+/m1/s1. The number of esters is 1. The Labute approximate surface area is 363 Å². The quantitative estimate of drug-likeness (QED) is 0.149. The summed E-state index contributed by atoms with van der Waals surface area (Å²) >= 11 is 0. The number of nitrogens with zero attached hydrogens (tertiary/aromatic N) is 3. The highest BCUT2D eigenvalue weighted by molar-refractivity contribution is 6.08. The van der Waals surface area contributed by atoms with E-state index in [1.54, 1.807) is 13.8 Å². The Morgan fingerprint density at radius 3 is 2.33 bits per heavy atom. The molecule has 3 aliphatic rings. The lowest BCUT2D eigenvalue weighted by Gasteiger charge is -2.48. The van der Waals surface area contributed by atoms with Gasteiger partial charge in [0.25, 0.3) is 5.67 Å². The van der Waals surface area contributed by atoms with Crippen LogP contribution in [0.5, 0.6) is 0 Å². The predicted octanol–water partition coefficient (Wildman–Crippen LogP) is 7.03. The molecule has 13 nitrogen and oxygen atoms in total. The molecule has 2 N–H and O–H groups in total. The van der Waals surface area contributed by atoms with E-state index in [1.165, 1.54) is 20.8 Å². The highest BCUT2D eigenvalue weighted by atomic mass is 19.1. The molecule has 14 heteroatoms. The van der Waals surface area contributed by atoms with Crippen LogP contribution in [0.1, 0.15) is 127 Å². The van der Waals surface area contributed by atoms with Crippen molar-refractivity contribution in [1.29, 1.82) is 0 Å². The summed E-state index contributed by atoms with van der Waals surface area (Å²) in [5.74, 6) is -6.25. The fourth-order valence-corrected chi connectivity index (χ4v) is 9.51. The molecule has 3 aliphatic heterocycles. The number of fused-ring (bicyclic) bond motifs is 5. The first-order valence-corrected chi connectivity index (χ1v) is 22.1. The van der Waals surface area contributed by atoms with Gasteiger partial charge in [0.05, 0.1) is 30.1 Å². The van der Waals surface area contributed by atoms with E-state index in [0.717, 1.165) is 18.9 Å².